The fourth-order valence-corrected chi connectivity index (χ4v) is 3.69. The molecule has 0 aromatic heterocycles. The third-order valence-electron chi connectivity index (χ3n) is 5.60. The molecule has 2 heterocycles. The summed E-state index contributed by atoms with van der Waals surface area (Å²) in [5.41, 5.74) is 1.65. The van der Waals surface area contributed by atoms with E-state index in [0.717, 1.165) is 22.6 Å². The average Bonchev–Trinajstić information content (AvgIpc) is 2.78. The number of carbonyl (C=O) groups excluding carboxylic acids is 1. The summed E-state index contributed by atoms with van der Waals surface area (Å²) < 4.78 is 30.2. The van der Waals surface area contributed by atoms with E-state index in [1.54, 1.807) is 17.0 Å². The summed E-state index contributed by atoms with van der Waals surface area (Å²) in [6, 6.07) is 12.0. The Hall–Kier alpha value is -2.80. The highest BCUT2D eigenvalue weighted by Gasteiger charge is 2.28. The molecule has 0 saturated carbocycles. The van der Waals surface area contributed by atoms with Crippen LogP contribution in [0.4, 0.5) is 9.18 Å². The number of morpholine rings is 1. The van der Waals surface area contributed by atoms with E-state index >= 15 is 0 Å². The highest BCUT2D eigenvalue weighted by Crippen LogP contribution is 2.35. The van der Waals surface area contributed by atoms with Crippen molar-refractivity contribution in [2.45, 2.75) is 25.4 Å². The Bertz CT molecular complexity index is 901. The van der Waals surface area contributed by atoms with Crippen LogP contribution >= 0.6 is 0 Å². The molecule has 6 nitrogen and oxygen atoms in total. The number of ether oxygens (including phenoxy) is 3. The summed E-state index contributed by atoms with van der Waals surface area (Å²) in [4.78, 5) is 14.5. The lowest BCUT2D eigenvalue weighted by molar-refractivity contribution is -0.0155. The van der Waals surface area contributed by atoms with Crippen molar-refractivity contribution >= 4 is 6.03 Å². The molecular weight excluding hydrogens is 387 g/mol. The third-order valence-corrected chi connectivity index (χ3v) is 5.60. The van der Waals surface area contributed by atoms with Gasteiger partial charge in [-0.2, -0.15) is 0 Å². The molecule has 2 aromatic rings. The van der Waals surface area contributed by atoms with E-state index in [1.807, 2.05) is 18.2 Å². The van der Waals surface area contributed by atoms with Crippen LogP contribution in [-0.2, 0) is 10.2 Å². The Morgan fingerprint density at radius 3 is 2.60 bits per heavy atom. The lowest BCUT2D eigenvalue weighted by Crippen LogP contribution is -2.49. The molecule has 2 aliphatic heterocycles. The normalized spacial score (nSPS) is 18.8. The average molecular weight is 414 g/mol. The number of halogens is 1. The van der Waals surface area contributed by atoms with E-state index in [-0.39, 0.29) is 23.4 Å². The SMILES string of the molecule is CC(C)(CNC(=O)N1CCOC(c2ccc(F)cc2)C1)c1ccc2c(c1)OCCO2. The smallest absolute Gasteiger partial charge is 0.317 e. The standard InChI is InChI=1S/C23H27FN2O4/c1-23(2,17-5-8-19-20(13-17)30-12-11-29-19)15-25-22(27)26-9-10-28-21(14-26)16-3-6-18(24)7-4-16/h3-8,13,21H,9-12,14-15H2,1-2H3,(H,25,27). The monoisotopic (exact) mass is 414 g/mol. The minimum Gasteiger partial charge on any atom is -0.486 e. The summed E-state index contributed by atoms with van der Waals surface area (Å²) in [5, 5.41) is 3.05. The molecule has 2 amide bonds. The second-order valence-corrected chi connectivity index (χ2v) is 8.26. The van der Waals surface area contributed by atoms with Crippen LogP contribution in [0.2, 0.25) is 0 Å². The minimum atomic E-state index is -0.287. The highest BCUT2D eigenvalue weighted by atomic mass is 19.1. The van der Waals surface area contributed by atoms with Crippen LogP contribution in [0.1, 0.15) is 31.1 Å². The van der Waals surface area contributed by atoms with Gasteiger partial charge in [-0.15, -0.1) is 0 Å². The first kappa shape index (κ1) is 20.5. The van der Waals surface area contributed by atoms with Crippen LogP contribution in [0.3, 0.4) is 0 Å². The predicted octanol–water partition coefficient (Wildman–Crippen LogP) is 3.66. The fourth-order valence-electron chi connectivity index (χ4n) is 3.69. The zero-order chi connectivity index (χ0) is 21.1. The molecule has 0 radical (unpaired) electrons. The molecule has 1 N–H and O–H groups in total. The summed E-state index contributed by atoms with van der Waals surface area (Å²) in [6.45, 7) is 7.14. The van der Waals surface area contributed by atoms with Gasteiger partial charge >= 0.3 is 6.03 Å². The third kappa shape index (κ3) is 4.51. The van der Waals surface area contributed by atoms with Crippen LogP contribution in [-0.4, -0.2) is 50.4 Å². The van der Waals surface area contributed by atoms with Gasteiger partial charge in [0.25, 0.3) is 0 Å². The largest absolute Gasteiger partial charge is 0.486 e. The molecule has 1 fully saturated rings. The van der Waals surface area contributed by atoms with E-state index < -0.39 is 0 Å². The molecule has 1 atom stereocenters. The molecule has 7 heteroatoms. The molecule has 1 saturated heterocycles. The van der Waals surface area contributed by atoms with Crippen molar-refractivity contribution in [3.05, 3.63) is 59.4 Å². The number of hydrogen-bond donors (Lipinski definition) is 1. The van der Waals surface area contributed by atoms with Gasteiger partial charge in [-0.3, -0.25) is 0 Å². The van der Waals surface area contributed by atoms with E-state index in [2.05, 4.69) is 19.2 Å². The Labute approximate surface area is 175 Å². The van der Waals surface area contributed by atoms with Gasteiger partial charge in [0.15, 0.2) is 11.5 Å². The van der Waals surface area contributed by atoms with Crippen molar-refractivity contribution in [3.8, 4) is 11.5 Å². The number of nitrogens with one attached hydrogen (secondary N) is 1. The first-order chi connectivity index (χ1) is 14.4. The summed E-state index contributed by atoms with van der Waals surface area (Å²) >= 11 is 0. The van der Waals surface area contributed by atoms with Crippen molar-refractivity contribution in [1.82, 2.24) is 10.2 Å². The van der Waals surface area contributed by atoms with E-state index in [1.165, 1.54) is 12.1 Å². The zero-order valence-corrected chi connectivity index (χ0v) is 17.3. The van der Waals surface area contributed by atoms with Gasteiger partial charge in [-0.1, -0.05) is 32.0 Å². The maximum absolute atomic E-state index is 13.2. The Balaban J connectivity index is 1.36. The predicted molar refractivity (Wildman–Crippen MR) is 111 cm³/mol. The number of rotatable bonds is 4. The zero-order valence-electron chi connectivity index (χ0n) is 17.3. The highest BCUT2D eigenvalue weighted by molar-refractivity contribution is 5.74. The number of urea groups is 1. The second-order valence-electron chi connectivity index (χ2n) is 8.26. The number of fused-ring (bicyclic) bond motifs is 1. The Morgan fingerprint density at radius 2 is 1.83 bits per heavy atom. The van der Waals surface area contributed by atoms with Gasteiger partial charge in [0.2, 0.25) is 0 Å². The first-order valence-corrected chi connectivity index (χ1v) is 10.2. The summed E-state index contributed by atoms with van der Waals surface area (Å²) in [7, 11) is 0. The molecule has 0 spiro atoms. The molecule has 0 bridgehead atoms. The topological polar surface area (TPSA) is 60.0 Å². The van der Waals surface area contributed by atoms with Crippen molar-refractivity contribution in [3.63, 3.8) is 0 Å². The number of amides is 2. The number of benzene rings is 2. The van der Waals surface area contributed by atoms with Gasteiger partial charge in [-0.25, -0.2) is 9.18 Å². The van der Waals surface area contributed by atoms with Crippen LogP contribution < -0.4 is 14.8 Å². The molecule has 160 valence electrons. The Morgan fingerprint density at radius 1 is 1.10 bits per heavy atom. The number of nitrogens with zero attached hydrogens (tertiary/aromatic N) is 1. The maximum Gasteiger partial charge on any atom is 0.317 e. The number of hydrogen-bond acceptors (Lipinski definition) is 4. The molecule has 2 aromatic carbocycles. The molecule has 0 aliphatic carbocycles. The minimum absolute atomic E-state index is 0.129. The summed E-state index contributed by atoms with van der Waals surface area (Å²) in [5.74, 6) is 1.21. The lowest BCUT2D eigenvalue weighted by Gasteiger charge is -2.34. The van der Waals surface area contributed by atoms with E-state index in [9.17, 15) is 9.18 Å². The van der Waals surface area contributed by atoms with E-state index in [4.69, 9.17) is 14.2 Å². The van der Waals surface area contributed by atoms with Crippen molar-refractivity contribution in [2.24, 2.45) is 0 Å². The quantitative estimate of drug-likeness (QED) is 0.830. The van der Waals surface area contributed by atoms with Crippen LogP contribution in [0.15, 0.2) is 42.5 Å². The van der Waals surface area contributed by atoms with Crippen LogP contribution in [0, 0.1) is 5.82 Å². The summed E-state index contributed by atoms with van der Waals surface area (Å²) in [6.07, 6.45) is -0.254. The van der Waals surface area contributed by atoms with Gasteiger partial charge in [0.1, 0.15) is 25.1 Å². The van der Waals surface area contributed by atoms with Crippen molar-refractivity contribution in [1.29, 1.82) is 0 Å². The van der Waals surface area contributed by atoms with Gasteiger partial charge < -0.3 is 24.4 Å². The first-order valence-electron chi connectivity index (χ1n) is 10.2. The molecular formula is C23H27FN2O4. The molecule has 4 rings (SSSR count). The number of carbonyl (C=O) groups is 1. The van der Waals surface area contributed by atoms with Crippen molar-refractivity contribution < 1.29 is 23.4 Å². The van der Waals surface area contributed by atoms with Crippen LogP contribution in [0.25, 0.3) is 0 Å². The fraction of sp³-hybridized carbons (Fsp3) is 0.435. The maximum atomic E-state index is 13.2. The molecule has 2 aliphatic rings. The van der Waals surface area contributed by atoms with E-state index in [0.29, 0.717) is 39.5 Å². The molecule has 30 heavy (non-hydrogen) atoms. The van der Waals surface area contributed by atoms with Gasteiger partial charge in [0.05, 0.1) is 13.2 Å². The van der Waals surface area contributed by atoms with Gasteiger partial charge in [0, 0.05) is 18.5 Å². The van der Waals surface area contributed by atoms with Crippen molar-refractivity contribution in [2.75, 3.05) is 39.5 Å². The second kappa shape index (κ2) is 8.52. The molecule has 1 unspecified atom stereocenters. The Kier molecular flexibility index (Phi) is 5.81. The van der Waals surface area contributed by atoms with Crippen LogP contribution in [0.5, 0.6) is 11.5 Å². The van der Waals surface area contributed by atoms with Gasteiger partial charge in [-0.05, 0) is 35.4 Å². The lowest BCUT2D eigenvalue weighted by atomic mass is 9.84.